The predicted molar refractivity (Wildman–Crippen MR) is 94.4 cm³/mol. The summed E-state index contributed by atoms with van der Waals surface area (Å²) in [4.78, 5) is 36.9. The van der Waals surface area contributed by atoms with Gasteiger partial charge in [0.15, 0.2) is 5.69 Å². The van der Waals surface area contributed by atoms with Crippen molar-refractivity contribution in [2.24, 2.45) is 5.41 Å². The lowest BCUT2D eigenvalue weighted by molar-refractivity contribution is -0.126. The van der Waals surface area contributed by atoms with E-state index in [0.717, 1.165) is 0 Å². The molecule has 1 atom stereocenters. The molecule has 0 bridgehead atoms. The number of carbonyl (C=O) groups is 2. The van der Waals surface area contributed by atoms with Crippen molar-refractivity contribution in [1.82, 2.24) is 20.6 Å². The number of hydrazine groups is 1. The fourth-order valence-electron chi connectivity index (χ4n) is 2.57. The van der Waals surface area contributed by atoms with Crippen LogP contribution >= 0.6 is 23.2 Å². The number of aryl methyl sites for hydroxylation is 1. The lowest BCUT2D eigenvalue weighted by Gasteiger charge is -2.14. The topological polar surface area (TPSA) is 93.1 Å². The van der Waals surface area contributed by atoms with Crippen molar-refractivity contribution in [3.63, 3.8) is 0 Å². The average molecular weight is 383 g/mol. The van der Waals surface area contributed by atoms with Crippen LogP contribution in [0.15, 0.2) is 29.1 Å². The summed E-state index contributed by atoms with van der Waals surface area (Å²) < 4.78 is 0.0615. The van der Waals surface area contributed by atoms with E-state index >= 15 is 0 Å². The number of amides is 2. The molecule has 1 fully saturated rings. The van der Waals surface area contributed by atoms with Gasteiger partial charge in [0.2, 0.25) is 5.91 Å². The third kappa shape index (κ3) is 2.87. The molecule has 132 valence electrons. The first-order valence-electron chi connectivity index (χ1n) is 7.70. The fraction of sp³-hybridized carbons (Fsp3) is 0.375. The summed E-state index contributed by atoms with van der Waals surface area (Å²) in [7, 11) is 0. The van der Waals surface area contributed by atoms with E-state index in [2.05, 4.69) is 16.0 Å². The van der Waals surface area contributed by atoms with Crippen molar-refractivity contribution in [2.75, 3.05) is 0 Å². The van der Waals surface area contributed by atoms with Gasteiger partial charge < -0.3 is 0 Å². The Morgan fingerprint density at radius 1 is 1.24 bits per heavy atom. The molecular weight excluding hydrogens is 367 g/mol. The smallest absolute Gasteiger partial charge is 0.273 e. The minimum Gasteiger partial charge on any atom is -0.273 e. The van der Waals surface area contributed by atoms with Gasteiger partial charge in [0.1, 0.15) is 4.33 Å². The molecule has 2 aromatic rings. The molecule has 3 rings (SSSR count). The number of hydrogen-bond acceptors (Lipinski definition) is 4. The lowest BCUT2D eigenvalue weighted by Crippen LogP contribution is -2.46. The van der Waals surface area contributed by atoms with Gasteiger partial charge in [0.25, 0.3) is 11.5 Å². The molecule has 2 N–H and O–H groups in total. The summed E-state index contributed by atoms with van der Waals surface area (Å²) in [6, 6.07) is 6.67. The van der Waals surface area contributed by atoms with Crippen LogP contribution in [0.4, 0.5) is 0 Å². The second-order valence-corrected chi connectivity index (χ2v) is 7.62. The standard InChI is InChI=1S/C16H16Cl2N4O3/c1-3-22-13(24)10-7-5-4-6-9(10)11(21-22)12(23)19-20-14(25)15(2)8-16(15,17)18/h4-7H,3,8H2,1-2H3,(H,19,23)(H,20,25). The number of aromatic nitrogens is 2. The number of alkyl halides is 2. The Balaban J connectivity index is 1.87. The van der Waals surface area contributed by atoms with Gasteiger partial charge in [-0.05, 0) is 26.3 Å². The van der Waals surface area contributed by atoms with Crippen molar-refractivity contribution in [3.05, 3.63) is 40.3 Å². The zero-order valence-corrected chi connectivity index (χ0v) is 15.1. The van der Waals surface area contributed by atoms with Crippen LogP contribution in [0.1, 0.15) is 30.8 Å². The monoisotopic (exact) mass is 382 g/mol. The van der Waals surface area contributed by atoms with Crippen LogP contribution in [0.25, 0.3) is 10.8 Å². The molecular formula is C16H16Cl2N4O3. The highest BCUT2D eigenvalue weighted by Gasteiger charge is 2.68. The number of hydrogen-bond donors (Lipinski definition) is 2. The van der Waals surface area contributed by atoms with Crippen molar-refractivity contribution < 1.29 is 9.59 Å². The highest BCUT2D eigenvalue weighted by Crippen LogP contribution is 2.63. The molecule has 1 aromatic heterocycles. The maximum Gasteiger partial charge on any atom is 0.290 e. The SMILES string of the molecule is CCn1nc(C(=O)NNC(=O)C2(C)CC2(Cl)Cl)c2ccccc2c1=O. The van der Waals surface area contributed by atoms with Crippen LogP contribution in [-0.2, 0) is 11.3 Å². The van der Waals surface area contributed by atoms with E-state index < -0.39 is 21.6 Å². The molecule has 1 aliphatic carbocycles. The van der Waals surface area contributed by atoms with E-state index in [-0.39, 0.29) is 11.3 Å². The number of carbonyl (C=O) groups excluding carboxylic acids is 2. The third-order valence-electron chi connectivity index (χ3n) is 4.43. The molecule has 0 spiro atoms. The third-order valence-corrected chi connectivity index (χ3v) is 5.53. The van der Waals surface area contributed by atoms with Gasteiger partial charge in [-0.25, -0.2) is 4.68 Å². The first-order chi connectivity index (χ1) is 11.7. The number of nitrogens with one attached hydrogen (secondary N) is 2. The van der Waals surface area contributed by atoms with Gasteiger partial charge in [-0.1, -0.05) is 18.2 Å². The van der Waals surface area contributed by atoms with E-state index in [0.29, 0.717) is 23.7 Å². The number of nitrogens with zero attached hydrogens (tertiary/aromatic N) is 2. The minimum absolute atomic E-state index is 0.0429. The molecule has 1 aromatic carbocycles. The van der Waals surface area contributed by atoms with Gasteiger partial charge in [-0.15, -0.1) is 23.2 Å². The average Bonchev–Trinajstić information content (AvgIpc) is 3.12. The summed E-state index contributed by atoms with van der Waals surface area (Å²) in [6.45, 7) is 3.68. The molecule has 0 saturated heterocycles. The van der Waals surface area contributed by atoms with Crippen LogP contribution in [-0.4, -0.2) is 25.9 Å². The summed E-state index contributed by atoms with van der Waals surface area (Å²) in [5, 5.41) is 4.88. The maximum absolute atomic E-state index is 12.5. The van der Waals surface area contributed by atoms with Crippen molar-refractivity contribution in [1.29, 1.82) is 0 Å². The first-order valence-corrected chi connectivity index (χ1v) is 8.45. The number of benzene rings is 1. The van der Waals surface area contributed by atoms with E-state index in [1.165, 1.54) is 4.68 Å². The van der Waals surface area contributed by atoms with Crippen molar-refractivity contribution in [2.45, 2.75) is 31.1 Å². The van der Waals surface area contributed by atoms with Gasteiger partial charge >= 0.3 is 0 Å². The molecule has 25 heavy (non-hydrogen) atoms. The predicted octanol–water partition coefficient (Wildman–Crippen LogP) is 1.76. The maximum atomic E-state index is 12.5. The van der Waals surface area contributed by atoms with Crippen molar-refractivity contribution >= 4 is 45.8 Å². The number of rotatable bonds is 3. The van der Waals surface area contributed by atoms with Gasteiger partial charge in [-0.3, -0.25) is 25.2 Å². The molecule has 1 heterocycles. The summed E-state index contributed by atoms with van der Waals surface area (Å²) >= 11 is 11.9. The zero-order valence-electron chi connectivity index (χ0n) is 13.6. The second kappa shape index (κ2) is 6.00. The van der Waals surface area contributed by atoms with Gasteiger partial charge in [-0.2, -0.15) is 5.10 Å². The molecule has 7 nitrogen and oxygen atoms in total. The number of halogens is 2. The van der Waals surface area contributed by atoms with Crippen LogP contribution < -0.4 is 16.4 Å². The highest BCUT2D eigenvalue weighted by atomic mass is 35.5. The molecule has 1 saturated carbocycles. The molecule has 0 radical (unpaired) electrons. The summed E-state index contributed by atoms with van der Waals surface area (Å²) in [5.41, 5.74) is 3.44. The lowest BCUT2D eigenvalue weighted by atomic mass is 10.1. The van der Waals surface area contributed by atoms with Crippen LogP contribution in [0.3, 0.4) is 0 Å². The largest absolute Gasteiger partial charge is 0.290 e. The Labute approximate surface area is 153 Å². The molecule has 0 aliphatic heterocycles. The molecule has 1 unspecified atom stereocenters. The van der Waals surface area contributed by atoms with Crippen LogP contribution in [0.5, 0.6) is 0 Å². The van der Waals surface area contributed by atoms with E-state index in [1.807, 2.05) is 0 Å². The number of fused-ring (bicyclic) bond motifs is 1. The Bertz CT molecular complexity index is 941. The highest BCUT2D eigenvalue weighted by molar-refractivity contribution is 6.53. The van der Waals surface area contributed by atoms with Crippen LogP contribution in [0, 0.1) is 5.41 Å². The van der Waals surface area contributed by atoms with E-state index in [1.54, 1.807) is 38.1 Å². The van der Waals surface area contributed by atoms with Crippen LogP contribution in [0.2, 0.25) is 0 Å². The van der Waals surface area contributed by atoms with E-state index in [9.17, 15) is 14.4 Å². The molecule has 1 aliphatic rings. The Hall–Kier alpha value is -2.12. The Morgan fingerprint density at radius 3 is 2.40 bits per heavy atom. The minimum atomic E-state index is -1.14. The summed E-state index contributed by atoms with van der Waals surface area (Å²) in [6.07, 6.45) is 0.298. The fourth-order valence-corrected chi connectivity index (χ4v) is 3.28. The molecule has 2 amide bonds. The quantitative estimate of drug-likeness (QED) is 0.624. The second-order valence-electron chi connectivity index (χ2n) is 6.14. The Kier molecular flexibility index (Phi) is 4.25. The van der Waals surface area contributed by atoms with Gasteiger partial charge in [0, 0.05) is 11.9 Å². The Morgan fingerprint density at radius 2 is 1.84 bits per heavy atom. The van der Waals surface area contributed by atoms with Gasteiger partial charge in [0.05, 0.1) is 10.8 Å². The normalized spacial score (nSPS) is 21.0. The molecule has 9 heteroatoms. The van der Waals surface area contributed by atoms with Crippen molar-refractivity contribution in [3.8, 4) is 0 Å². The van der Waals surface area contributed by atoms with E-state index in [4.69, 9.17) is 23.2 Å². The first kappa shape index (κ1) is 17.7. The summed E-state index contributed by atoms with van der Waals surface area (Å²) in [5.74, 6) is -1.12. The zero-order chi connectivity index (χ0) is 18.4.